The average Bonchev–Trinajstić information content (AvgIpc) is 2.63. The van der Waals surface area contributed by atoms with Crippen molar-refractivity contribution in [3.05, 3.63) is 23.9 Å². The van der Waals surface area contributed by atoms with Gasteiger partial charge in [-0.05, 0) is 0 Å². The second-order valence-electron chi connectivity index (χ2n) is 4.37. The number of nitrogens with zero attached hydrogens (tertiary/aromatic N) is 4. The van der Waals surface area contributed by atoms with Gasteiger partial charge in [0.15, 0.2) is 5.65 Å². The quantitative estimate of drug-likeness (QED) is 0.754. The maximum absolute atomic E-state index is 4.34. The average molecular weight is 204 g/mol. The normalized spacial score (nSPS) is 11.9. The molecule has 0 amide bonds. The summed E-state index contributed by atoms with van der Waals surface area (Å²) in [5.41, 5.74) is 1.90. The molecule has 2 rings (SSSR count). The van der Waals surface area contributed by atoms with Crippen LogP contribution in [0.5, 0.6) is 0 Å². The molecule has 4 heteroatoms. The van der Waals surface area contributed by atoms with Crippen LogP contribution in [0.3, 0.4) is 0 Å². The molecule has 2 aromatic heterocycles. The van der Waals surface area contributed by atoms with Crippen LogP contribution in [-0.4, -0.2) is 19.6 Å². The second-order valence-corrected chi connectivity index (χ2v) is 4.37. The molecule has 0 aliphatic carbocycles. The molecule has 0 aliphatic rings. The lowest BCUT2D eigenvalue weighted by molar-refractivity contribution is 0.683. The molecule has 0 aromatic carbocycles. The minimum atomic E-state index is 0.351. The van der Waals surface area contributed by atoms with E-state index in [1.807, 2.05) is 10.6 Å². The number of hydrogen-bond acceptors (Lipinski definition) is 3. The second kappa shape index (κ2) is 3.61. The van der Waals surface area contributed by atoms with E-state index in [2.05, 4.69) is 42.9 Å². The lowest BCUT2D eigenvalue weighted by Crippen LogP contribution is -2.09. The Bertz CT molecular complexity index is 428. The zero-order valence-electron chi connectivity index (χ0n) is 9.60. The van der Waals surface area contributed by atoms with Crippen molar-refractivity contribution in [2.24, 2.45) is 0 Å². The summed E-state index contributed by atoms with van der Waals surface area (Å²) in [4.78, 5) is 4.34. The van der Waals surface area contributed by atoms with Gasteiger partial charge in [-0.15, -0.1) is 10.2 Å². The van der Waals surface area contributed by atoms with Gasteiger partial charge in [-0.25, -0.2) is 4.98 Å². The summed E-state index contributed by atoms with van der Waals surface area (Å²) >= 11 is 0. The molecule has 2 aromatic rings. The first-order valence-electron chi connectivity index (χ1n) is 5.30. The molecule has 0 fully saturated rings. The van der Waals surface area contributed by atoms with Gasteiger partial charge in [-0.3, -0.25) is 4.40 Å². The van der Waals surface area contributed by atoms with Crippen LogP contribution in [0.1, 0.15) is 51.0 Å². The first-order valence-corrected chi connectivity index (χ1v) is 5.30. The Morgan fingerprint density at radius 2 is 1.80 bits per heavy atom. The topological polar surface area (TPSA) is 43.1 Å². The summed E-state index contributed by atoms with van der Waals surface area (Å²) < 4.78 is 2.03. The van der Waals surface area contributed by atoms with E-state index in [1.54, 1.807) is 6.20 Å². The van der Waals surface area contributed by atoms with Gasteiger partial charge >= 0.3 is 0 Å². The highest BCUT2D eigenvalue weighted by atomic mass is 15.2. The molecule has 4 nitrogen and oxygen atoms in total. The largest absolute Gasteiger partial charge is 0.285 e. The number of rotatable bonds is 2. The Labute approximate surface area is 89.4 Å². The predicted molar refractivity (Wildman–Crippen MR) is 59.0 cm³/mol. The van der Waals surface area contributed by atoms with E-state index in [0.29, 0.717) is 11.8 Å². The third kappa shape index (κ3) is 1.60. The Kier molecular flexibility index (Phi) is 2.42. The maximum Gasteiger partial charge on any atom is 0.162 e. The Morgan fingerprint density at radius 1 is 1.07 bits per heavy atom. The van der Waals surface area contributed by atoms with Crippen molar-refractivity contribution in [2.45, 2.75) is 39.5 Å². The van der Waals surface area contributed by atoms with Crippen LogP contribution in [0.15, 0.2) is 12.4 Å². The van der Waals surface area contributed by atoms with E-state index >= 15 is 0 Å². The minimum Gasteiger partial charge on any atom is -0.285 e. The summed E-state index contributed by atoms with van der Waals surface area (Å²) in [7, 11) is 0. The highest BCUT2D eigenvalue weighted by Crippen LogP contribution is 2.19. The van der Waals surface area contributed by atoms with Crippen molar-refractivity contribution in [2.75, 3.05) is 0 Å². The molecule has 0 unspecified atom stereocenters. The van der Waals surface area contributed by atoms with Crippen molar-refractivity contribution in [1.29, 1.82) is 0 Å². The van der Waals surface area contributed by atoms with Crippen LogP contribution in [0.2, 0.25) is 0 Å². The standard InChI is InChI=1S/C11H16N4/c1-7(2)9-11-12-5-6-15(11)10(8(3)4)14-13-9/h5-8H,1-4H3. The third-order valence-corrected chi connectivity index (χ3v) is 2.44. The smallest absolute Gasteiger partial charge is 0.162 e. The molecule has 0 spiro atoms. The van der Waals surface area contributed by atoms with Crippen molar-refractivity contribution in [3.63, 3.8) is 0 Å². The van der Waals surface area contributed by atoms with Crippen molar-refractivity contribution < 1.29 is 0 Å². The fourth-order valence-corrected chi connectivity index (χ4v) is 1.64. The van der Waals surface area contributed by atoms with E-state index in [4.69, 9.17) is 0 Å². The van der Waals surface area contributed by atoms with Crippen LogP contribution in [-0.2, 0) is 0 Å². The number of hydrogen-bond donors (Lipinski definition) is 0. The third-order valence-electron chi connectivity index (χ3n) is 2.44. The van der Waals surface area contributed by atoms with Crippen molar-refractivity contribution in [1.82, 2.24) is 19.6 Å². The van der Waals surface area contributed by atoms with Gasteiger partial charge in [-0.2, -0.15) is 0 Å². The van der Waals surface area contributed by atoms with Gasteiger partial charge in [0.25, 0.3) is 0 Å². The number of aromatic nitrogens is 4. The van der Waals surface area contributed by atoms with E-state index < -0.39 is 0 Å². The summed E-state index contributed by atoms with van der Waals surface area (Å²) in [6, 6.07) is 0. The fraction of sp³-hybridized carbons (Fsp3) is 0.545. The highest BCUT2D eigenvalue weighted by molar-refractivity contribution is 5.45. The van der Waals surface area contributed by atoms with Gasteiger partial charge in [0.05, 0.1) is 0 Å². The molecular weight excluding hydrogens is 188 g/mol. The van der Waals surface area contributed by atoms with Crippen LogP contribution in [0.4, 0.5) is 0 Å². The molecule has 80 valence electrons. The summed E-state index contributed by atoms with van der Waals surface area (Å²) in [6.07, 6.45) is 3.75. The fourth-order valence-electron chi connectivity index (χ4n) is 1.64. The molecule has 15 heavy (non-hydrogen) atoms. The molecule has 0 N–H and O–H groups in total. The zero-order chi connectivity index (χ0) is 11.0. The Morgan fingerprint density at radius 3 is 2.40 bits per heavy atom. The van der Waals surface area contributed by atoms with Crippen molar-refractivity contribution in [3.8, 4) is 0 Å². The molecule has 0 atom stereocenters. The van der Waals surface area contributed by atoms with Gasteiger partial charge in [0.1, 0.15) is 11.5 Å². The summed E-state index contributed by atoms with van der Waals surface area (Å²) in [5, 5.41) is 8.54. The van der Waals surface area contributed by atoms with E-state index in [9.17, 15) is 0 Å². The number of imidazole rings is 1. The minimum absolute atomic E-state index is 0.351. The highest BCUT2D eigenvalue weighted by Gasteiger charge is 2.14. The maximum atomic E-state index is 4.34. The summed E-state index contributed by atoms with van der Waals surface area (Å²) in [6.45, 7) is 8.43. The van der Waals surface area contributed by atoms with Gasteiger partial charge in [-0.1, -0.05) is 27.7 Å². The molecule has 2 heterocycles. The molecule has 0 radical (unpaired) electrons. The Hall–Kier alpha value is -1.45. The Balaban J connectivity index is 2.71. The lowest BCUT2D eigenvalue weighted by atomic mass is 10.1. The summed E-state index contributed by atoms with van der Waals surface area (Å²) in [5.74, 6) is 1.67. The molecule has 0 saturated heterocycles. The van der Waals surface area contributed by atoms with Crippen molar-refractivity contribution >= 4 is 5.65 Å². The molecule has 0 saturated carbocycles. The van der Waals surface area contributed by atoms with E-state index in [0.717, 1.165) is 17.2 Å². The first-order chi connectivity index (χ1) is 7.11. The van der Waals surface area contributed by atoms with Gasteiger partial charge in [0, 0.05) is 24.2 Å². The van der Waals surface area contributed by atoms with E-state index in [1.165, 1.54) is 0 Å². The van der Waals surface area contributed by atoms with Crippen LogP contribution in [0, 0.1) is 0 Å². The monoisotopic (exact) mass is 204 g/mol. The van der Waals surface area contributed by atoms with E-state index in [-0.39, 0.29) is 0 Å². The lowest BCUT2D eigenvalue weighted by Gasteiger charge is -2.10. The van der Waals surface area contributed by atoms with Crippen LogP contribution < -0.4 is 0 Å². The first kappa shape index (κ1) is 10.1. The van der Waals surface area contributed by atoms with Gasteiger partial charge < -0.3 is 0 Å². The molecule has 0 bridgehead atoms. The van der Waals surface area contributed by atoms with Gasteiger partial charge in [0.2, 0.25) is 0 Å². The molecular formula is C11H16N4. The number of fused-ring (bicyclic) bond motifs is 1. The predicted octanol–water partition coefficient (Wildman–Crippen LogP) is 2.37. The van der Waals surface area contributed by atoms with Crippen LogP contribution in [0.25, 0.3) is 5.65 Å². The zero-order valence-corrected chi connectivity index (χ0v) is 9.60. The SMILES string of the molecule is CC(C)c1nnc(C(C)C)n2ccnc12. The molecule has 0 aliphatic heterocycles. The van der Waals surface area contributed by atoms with Crippen LogP contribution >= 0.6 is 0 Å².